The first-order chi connectivity index (χ1) is 9.65. The fourth-order valence-corrected chi connectivity index (χ4v) is 3.07. The molecule has 1 aromatic carbocycles. The third-order valence-corrected chi connectivity index (χ3v) is 4.42. The van der Waals surface area contributed by atoms with E-state index in [2.05, 4.69) is 44.9 Å². The quantitative estimate of drug-likeness (QED) is 0.750. The second-order valence-corrected chi connectivity index (χ2v) is 6.21. The molecule has 0 saturated carbocycles. The van der Waals surface area contributed by atoms with Crippen molar-refractivity contribution in [1.29, 1.82) is 0 Å². The van der Waals surface area contributed by atoms with Crippen molar-refractivity contribution >= 4 is 34.2 Å². The van der Waals surface area contributed by atoms with Crippen LogP contribution in [0.4, 0.5) is 0 Å². The lowest BCUT2D eigenvalue weighted by Crippen LogP contribution is -2.22. The van der Waals surface area contributed by atoms with Gasteiger partial charge in [-0.15, -0.1) is 0 Å². The van der Waals surface area contributed by atoms with Crippen LogP contribution in [-0.2, 0) is 13.0 Å². The number of halogens is 2. The number of aryl methyl sites for hydroxylation is 1. The van der Waals surface area contributed by atoms with E-state index in [-0.39, 0.29) is 6.04 Å². The lowest BCUT2D eigenvalue weighted by Gasteiger charge is -2.18. The Morgan fingerprint density at radius 2 is 2.25 bits per heavy atom. The largest absolute Gasteiger partial charge is 0.313 e. The smallest absolute Gasteiger partial charge is 0.138 e. The van der Waals surface area contributed by atoms with Gasteiger partial charge in [-0.2, -0.15) is 5.10 Å². The van der Waals surface area contributed by atoms with Gasteiger partial charge in [-0.3, -0.25) is 4.68 Å². The summed E-state index contributed by atoms with van der Waals surface area (Å²) in [6, 6.07) is 6.16. The minimum atomic E-state index is 0.181. The summed E-state index contributed by atoms with van der Waals surface area (Å²) in [6.07, 6.45) is 3.47. The number of hydrogen-bond donors (Lipinski definition) is 1. The molecule has 0 aliphatic carbocycles. The van der Waals surface area contributed by atoms with Crippen LogP contribution in [0.1, 0.15) is 30.8 Å². The Kier molecular flexibility index (Phi) is 5.80. The maximum absolute atomic E-state index is 6.12. The molecule has 108 valence electrons. The summed E-state index contributed by atoms with van der Waals surface area (Å²) in [7, 11) is 1.96. The topological polar surface area (TPSA) is 42.7 Å². The van der Waals surface area contributed by atoms with Gasteiger partial charge in [0.2, 0.25) is 0 Å². The normalized spacial score (nSPS) is 12.6. The molecule has 0 radical (unpaired) electrons. The average Bonchev–Trinajstić information content (AvgIpc) is 2.87. The lowest BCUT2D eigenvalue weighted by atomic mass is 10.0. The van der Waals surface area contributed by atoms with Crippen LogP contribution in [-0.4, -0.2) is 21.8 Å². The predicted molar refractivity (Wildman–Crippen MR) is 90.0 cm³/mol. The summed E-state index contributed by atoms with van der Waals surface area (Å²) in [5.41, 5.74) is 1.20. The second kappa shape index (κ2) is 7.38. The molecule has 2 aromatic rings. The van der Waals surface area contributed by atoms with E-state index in [4.69, 9.17) is 11.6 Å². The van der Waals surface area contributed by atoms with Crippen molar-refractivity contribution < 1.29 is 0 Å². The molecule has 2 rings (SSSR count). The second-order valence-electron chi connectivity index (χ2n) is 4.61. The lowest BCUT2D eigenvalue weighted by molar-refractivity contribution is 0.516. The summed E-state index contributed by atoms with van der Waals surface area (Å²) < 4.78 is 3.18. The van der Waals surface area contributed by atoms with Gasteiger partial charge in [-0.25, -0.2) is 4.98 Å². The number of benzene rings is 1. The van der Waals surface area contributed by atoms with Gasteiger partial charge in [-0.1, -0.05) is 18.5 Å². The fourth-order valence-electron chi connectivity index (χ4n) is 2.18. The molecular weight excluding hydrogens is 387 g/mol. The van der Waals surface area contributed by atoms with Crippen LogP contribution in [0, 0.1) is 3.57 Å². The highest BCUT2D eigenvalue weighted by Crippen LogP contribution is 2.25. The minimum absolute atomic E-state index is 0.181. The zero-order valence-corrected chi connectivity index (χ0v) is 14.5. The van der Waals surface area contributed by atoms with Gasteiger partial charge in [-0.05, 0) is 59.8 Å². The highest BCUT2D eigenvalue weighted by molar-refractivity contribution is 14.1. The van der Waals surface area contributed by atoms with Crippen LogP contribution in [0.2, 0.25) is 5.02 Å². The van der Waals surface area contributed by atoms with E-state index in [0.717, 1.165) is 30.2 Å². The first kappa shape index (κ1) is 15.7. The molecule has 0 bridgehead atoms. The van der Waals surface area contributed by atoms with Crippen LogP contribution in [0.3, 0.4) is 0 Å². The van der Waals surface area contributed by atoms with Crippen molar-refractivity contribution in [1.82, 2.24) is 20.1 Å². The third kappa shape index (κ3) is 3.71. The monoisotopic (exact) mass is 404 g/mol. The van der Waals surface area contributed by atoms with Gasteiger partial charge in [0.15, 0.2) is 0 Å². The molecule has 0 amide bonds. The summed E-state index contributed by atoms with van der Waals surface area (Å²) in [6.45, 7) is 3.04. The van der Waals surface area contributed by atoms with E-state index in [1.54, 1.807) is 6.33 Å². The molecule has 0 aliphatic rings. The molecule has 6 heteroatoms. The standard InChI is InChI=1S/C14H18ClIN4/c1-3-6-20-14(18-9-19-20)8-13(17-2)11-7-10(15)4-5-12(11)16/h4-5,7,9,13,17H,3,6,8H2,1-2H3. The number of aromatic nitrogens is 3. The third-order valence-electron chi connectivity index (χ3n) is 3.20. The first-order valence-corrected chi connectivity index (χ1v) is 8.10. The predicted octanol–water partition coefficient (Wildman–Crippen LogP) is 3.45. The molecule has 1 atom stereocenters. The molecule has 4 nitrogen and oxygen atoms in total. The van der Waals surface area contributed by atoms with Crippen molar-refractivity contribution in [2.24, 2.45) is 0 Å². The Morgan fingerprint density at radius 1 is 1.45 bits per heavy atom. The zero-order valence-electron chi connectivity index (χ0n) is 11.6. The molecule has 1 unspecified atom stereocenters. The van der Waals surface area contributed by atoms with Gasteiger partial charge in [0.05, 0.1) is 0 Å². The molecule has 1 heterocycles. The first-order valence-electron chi connectivity index (χ1n) is 6.64. The summed E-state index contributed by atoms with van der Waals surface area (Å²) in [4.78, 5) is 4.38. The Bertz CT molecular complexity index is 570. The molecule has 0 saturated heterocycles. The van der Waals surface area contributed by atoms with Gasteiger partial charge in [0.1, 0.15) is 12.2 Å². The van der Waals surface area contributed by atoms with E-state index >= 15 is 0 Å². The van der Waals surface area contributed by atoms with Crippen molar-refractivity contribution in [3.8, 4) is 0 Å². The van der Waals surface area contributed by atoms with E-state index in [0.29, 0.717) is 0 Å². The Labute approximate surface area is 138 Å². The van der Waals surface area contributed by atoms with Crippen LogP contribution in [0.25, 0.3) is 0 Å². The van der Waals surface area contributed by atoms with Gasteiger partial charge in [0, 0.05) is 27.6 Å². The van der Waals surface area contributed by atoms with Crippen molar-refractivity contribution in [2.75, 3.05) is 7.05 Å². The molecule has 0 aliphatic heterocycles. The Balaban J connectivity index is 2.24. The molecule has 1 N–H and O–H groups in total. The van der Waals surface area contributed by atoms with Gasteiger partial charge < -0.3 is 5.32 Å². The average molecular weight is 405 g/mol. The number of likely N-dealkylation sites (N-methyl/N-ethyl adjacent to an activating group) is 1. The van der Waals surface area contributed by atoms with Gasteiger partial charge >= 0.3 is 0 Å². The Hall–Kier alpha value is -0.660. The maximum Gasteiger partial charge on any atom is 0.138 e. The van der Waals surface area contributed by atoms with E-state index in [1.807, 2.05) is 29.9 Å². The number of nitrogens with one attached hydrogen (secondary N) is 1. The highest BCUT2D eigenvalue weighted by atomic mass is 127. The summed E-state index contributed by atoms with van der Waals surface area (Å²) in [5, 5.41) is 8.39. The zero-order chi connectivity index (χ0) is 14.5. The SMILES string of the molecule is CCCn1ncnc1CC(NC)c1cc(Cl)ccc1I. The fraction of sp³-hybridized carbons (Fsp3) is 0.429. The van der Waals surface area contributed by atoms with Gasteiger partial charge in [0.25, 0.3) is 0 Å². The van der Waals surface area contributed by atoms with Crippen molar-refractivity contribution in [3.63, 3.8) is 0 Å². The minimum Gasteiger partial charge on any atom is -0.313 e. The van der Waals surface area contributed by atoms with Crippen LogP contribution in [0.15, 0.2) is 24.5 Å². The van der Waals surface area contributed by atoms with E-state index < -0.39 is 0 Å². The number of rotatable bonds is 6. The van der Waals surface area contributed by atoms with Crippen LogP contribution in [0.5, 0.6) is 0 Å². The summed E-state index contributed by atoms with van der Waals surface area (Å²) in [5.74, 6) is 1.00. The Morgan fingerprint density at radius 3 is 2.95 bits per heavy atom. The maximum atomic E-state index is 6.12. The number of nitrogens with zero attached hydrogens (tertiary/aromatic N) is 3. The molecule has 20 heavy (non-hydrogen) atoms. The van der Waals surface area contributed by atoms with Crippen LogP contribution >= 0.6 is 34.2 Å². The molecule has 0 spiro atoms. The van der Waals surface area contributed by atoms with Crippen LogP contribution < -0.4 is 5.32 Å². The highest BCUT2D eigenvalue weighted by Gasteiger charge is 2.17. The summed E-state index contributed by atoms with van der Waals surface area (Å²) >= 11 is 8.46. The van der Waals surface area contributed by atoms with Crippen molar-refractivity contribution in [2.45, 2.75) is 32.4 Å². The molecular formula is C14H18ClIN4. The van der Waals surface area contributed by atoms with E-state index in [9.17, 15) is 0 Å². The van der Waals surface area contributed by atoms with Crippen molar-refractivity contribution in [3.05, 3.63) is 44.5 Å². The molecule has 0 fully saturated rings. The number of hydrogen-bond acceptors (Lipinski definition) is 3. The van der Waals surface area contributed by atoms with E-state index in [1.165, 1.54) is 9.13 Å². The molecule has 1 aromatic heterocycles.